The summed E-state index contributed by atoms with van der Waals surface area (Å²) in [4.78, 5) is 28.9. The maximum atomic E-state index is 14.8. The van der Waals surface area contributed by atoms with Gasteiger partial charge in [0.1, 0.15) is 35.6 Å². The zero-order valence-corrected chi connectivity index (χ0v) is 20.6. The number of amides is 3. The molecule has 0 fully saturated rings. The molecule has 3 aromatic rings. The summed E-state index contributed by atoms with van der Waals surface area (Å²) in [6.45, 7) is 0.681. The largest absolute Gasteiger partial charge is 0.491 e. The summed E-state index contributed by atoms with van der Waals surface area (Å²) in [5, 5.41) is 11.5. The van der Waals surface area contributed by atoms with Crippen molar-refractivity contribution < 1.29 is 37.0 Å². The predicted octanol–water partition coefficient (Wildman–Crippen LogP) is 4.68. The highest BCUT2D eigenvalue weighted by atomic mass is 19.1. The number of fused-ring (bicyclic) bond motifs is 1. The van der Waals surface area contributed by atoms with Crippen molar-refractivity contribution in [2.45, 2.75) is 26.1 Å². The maximum Gasteiger partial charge on any atom is 0.325 e. The van der Waals surface area contributed by atoms with Gasteiger partial charge in [0, 0.05) is 42.4 Å². The van der Waals surface area contributed by atoms with Crippen LogP contribution in [-0.2, 0) is 13.1 Å². The summed E-state index contributed by atoms with van der Waals surface area (Å²) in [5.41, 5.74) is 0.712. The molecule has 1 unspecified atom stereocenters. The van der Waals surface area contributed by atoms with E-state index in [4.69, 9.17) is 9.84 Å². The third kappa shape index (κ3) is 5.28. The summed E-state index contributed by atoms with van der Waals surface area (Å²) >= 11 is 0. The van der Waals surface area contributed by atoms with E-state index < -0.39 is 47.3 Å². The minimum Gasteiger partial charge on any atom is -0.491 e. The SMILES string of the molecule is CC1c2ccc(C(=O)NCc3c(F)cc(F)cc3F)cc2N(Cc2c(F)cccc2OCCO)C(=O)N1C. The average Bonchev–Trinajstić information content (AvgIpc) is 2.88. The van der Waals surface area contributed by atoms with Crippen LogP contribution in [0.25, 0.3) is 0 Å². The van der Waals surface area contributed by atoms with Gasteiger partial charge in [0.05, 0.1) is 24.9 Å². The number of hydrogen-bond donors (Lipinski definition) is 2. The second-order valence-corrected chi connectivity index (χ2v) is 8.75. The van der Waals surface area contributed by atoms with Gasteiger partial charge in [0.25, 0.3) is 5.91 Å². The summed E-state index contributed by atoms with van der Waals surface area (Å²) in [5.74, 6) is -4.49. The zero-order chi connectivity index (χ0) is 27.6. The van der Waals surface area contributed by atoms with Crippen LogP contribution in [0.3, 0.4) is 0 Å². The lowest BCUT2D eigenvalue weighted by atomic mass is 9.98. The van der Waals surface area contributed by atoms with Gasteiger partial charge in [0.15, 0.2) is 0 Å². The number of anilines is 1. The molecular weight excluding hydrogens is 506 g/mol. The van der Waals surface area contributed by atoms with Crippen molar-refractivity contribution >= 4 is 17.6 Å². The molecule has 1 aliphatic rings. The maximum absolute atomic E-state index is 14.8. The third-order valence-electron chi connectivity index (χ3n) is 6.42. The minimum atomic E-state index is -1.13. The summed E-state index contributed by atoms with van der Waals surface area (Å²) in [7, 11) is 1.60. The fraction of sp³-hybridized carbons (Fsp3) is 0.259. The molecule has 1 aliphatic heterocycles. The number of urea groups is 1. The highest BCUT2D eigenvalue weighted by molar-refractivity contribution is 5.99. The van der Waals surface area contributed by atoms with Crippen molar-refractivity contribution in [2.75, 3.05) is 25.2 Å². The fourth-order valence-electron chi connectivity index (χ4n) is 4.25. The Morgan fingerprint density at radius 1 is 1.03 bits per heavy atom. The number of nitrogens with zero attached hydrogens (tertiary/aromatic N) is 2. The van der Waals surface area contributed by atoms with Crippen molar-refractivity contribution in [3.63, 3.8) is 0 Å². The van der Waals surface area contributed by atoms with E-state index in [2.05, 4.69) is 5.32 Å². The van der Waals surface area contributed by atoms with Gasteiger partial charge in [-0.2, -0.15) is 0 Å². The van der Waals surface area contributed by atoms with Crippen LogP contribution in [0.2, 0.25) is 0 Å². The van der Waals surface area contributed by atoms with Crippen molar-refractivity contribution in [1.82, 2.24) is 10.2 Å². The molecular formula is C27H25F4N3O4. The topological polar surface area (TPSA) is 82.1 Å². The van der Waals surface area contributed by atoms with E-state index in [1.165, 1.54) is 40.1 Å². The molecule has 0 bridgehead atoms. The molecule has 2 N–H and O–H groups in total. The van der Waals surface area contributed by atoms with E-state index in [0.717, 1.165) is 0 Å². The Bertz CT molecular complexity index is 1360. The van der Waals surface area contributed by atoms with E-state index in [0.29, 0.717) is 23.4 Å². The lowest BCUT2D eigenvalue weighted by Gasteiger charge is -2.40. The highest BCUT2D eigenvalue weighted by Crippen LogP contribution is 2.38. The first-order valence-corrected chi connectivity index (χ1v) is 11.7. The molecule has 0 spiro atoms. The Hall–Kier alpha value is -4.12. The first kappa shape index (κ1) is 26.9. The van der Waals surface area contributed by atoms with Gasteiger partial charge < -0.3 is 20.1 Å². The number of rotatable bonds is 8. The Balaban J connectivity index is 1.65. The van der Waals surface area contributed by atoms with Gasteiger partial charge in [-0.25, -0.2) is 22.4 Å². The molecule has 38 heavy (non-hydrogen) atoms. The molecule has 1 atom stereocenters. The van der Waals surface area contributed by atoms with Crippen LogP contribution >= 0.6 is 0 Å². The number of carbonyl (C=O) groups is 2. The van der Waals surface area contributed by atoms with E-state index in [1.807, 2.05) is 0 Å². The Kier molecular flexibility index (Phi) is 7.86. The molecule has 0 aliphatic carbocycles. The smallest absolute Gasteiger partial charge is 0.325 e. The second kappa shape index (κ2) is 11.1. The van der Waals surface area contributed by atoms with Crippen LogP contribution in [-0.4, -0.2) is 42.2 Å². The van der Waals surface area contributed by atoms with E-state index in [1.54, 1.807) is 20.0 Å². The lowest BCUT2D eigenvalue weighted by molar-refractivity contribution is 0.0950. The molecule has 3 amide bonds. The quantitative estimate of drug-likeness (QED) is 0.414. The normalized spacial score (nSPS) is 14.9. The molecule has 0 radical (unpaired) electrons. The van der Waals surface area contributed by atoms with E-state index >= 15 is 0 Å². The number of hydrogen-bond acceptors (Lipinski definition) is 4. The van der Waals surface area contributed by atoms with Gasteiger partial charge in [-0.3, -0.25) is 9.69 Å². The average molecular weight is 532 g/mol. The standard InChI is InChI=1S/C27H25F4N3O4/c1-15-18-7-6-16(26(36)32-13-19-22(30)11-17(28)12-23(19)31)10-24(18)34(27(37)33(15)2)14-20-21(29)4-3-5-25(20)38-9-8-35/h3-7,10-12,15,35H,8-9,13-14H2,1-2H3,(H,32,36). The number of aliphatic hydroxyl groups is 1. The van der Waals surface area contributed by atoms with Crippen LogP contribution in [0.4, 0.5) is 28.0 Å². The molecule has 3 aromatic carbocycles. The first-order chi connectivity index (χ1) is 18.1. The van der Waals surface area contributed by atoms with Crippen LogP contribution in [0, 0.1) is 23.3 Å². The van der Waals surface area contributed by atoms with Crippen LogP contribution in [0.1, 0.15) is 40.0 Å². The highest BCUT2D eigenvalue weighted by Gasteiger charge is 2.34. The minimum absolute atomic E-state index is 0.0719. The number of carbonyl (C=O) groups excluding carboxylic acids is 2. The van der Waals surface area contributed by atoms with E-state index in [9.17, 15) is 27.2 Å². The molecule has 4 rings (SSSR count). The molecule has 0 saturated heterocycles. The van der Waals surface area contributed by atoms with Crippen LogP contribution in [0.5, 0.6) is 5.75 Å². The Morgan fingerprint density at radius 3 is 2.42 bits per heavy atom. The van der Waals surface area contributed by atoms with E-state index in [-0.39, 0.29) is 42.7 Å². The third-order valence-corrected chi connectivity index (χ3v) is 6.42. The Labute approximate surface area is 216 Å². The number of benzene rings is 3. The summed E-state index contributed by atoms with van der Waals surface area (Å²) in [6.07, 6.45) is 0. The number of nitrogens with one attached hydrogen (secondary N) is 1. The van der Waals surface area contributed by atoms with Crippen LogP contribution < -0.4 is 15.0 Å². The van der Waals surface area contributed by atoms with Gasteiger partial charge in [-0.05, 0) is 36.8 Å². The number of ether oxygens (including phenoxy) is 1. The molecule has 11 heteroatoms. The summed E-state index contributed by atoms with van der Waals surface area (Å²) in [6, 6.07) is 9.01. The second-order valence-electron chi connectivity index (χ2n) is 8.75. The van der Waals surface area contributed by atoms with Gasteiger partial charge in [-0.1, -0.05) is 12.1 Å². The molecule has 1 heterocycles. The molecule has 0 saturated carbocycles. The van der Waals surface area contributed by atoms with Gasteiger partial charge in [-0.15, -0.1) is 0 Å². The van der Waals surface area contributed by atoms with Crippen molar-refractivity contribution in [1.29, 1.82) is 0 Å². The monoisotopic (exact) mass is 531 g/mol. The summed E-state index contributed by atoms with van der Waals surface area (Å²) < 4.78 is 61.4. The zero-order valence-electron chi connectivity index (χ0n) is 20.6. The van der Waals surface area contributed by atoms with Crippen molar-refractivity contribution in [2.24, 2.45) is 0 Å². The molecule has 7 nitrogen and oxygen atoms in total. The molecule has 200 valence electrons. The predicted molar refractivity (Wildman–Crippen MR) is 131 cm³/mol. The molecule has 0 aromatic heterocycles. The fourth-order valence-corrected chi connectivity index (χ4v) is 4.25. The first-order valence-electron chi connectivity index (χ1n) is 11.7. The van der Waals surface area contributed by atoms with Gasteiger partial charge in [0.2, 0.25) is 0 Å². The number of halogens is 4. The van der Waals surface area contributed by atoms with Crippen LogP contribution in [0.15, 0.2) is 48.5 Å². The number of aliphatic hydroxyl groups excluding tert-OH is 1. The Morgan fingerprint density at radius 2 is 1.74 bits per heavy atom. The van der Waals surface area contributed by atoms with Gasteiger partial charge >= 0.3 is 6.03 Å². The van der Waals surface area contributed by atoms with Crippen molar-refractivity contribution in [3.8, 4) is 5.75 Å². The van der Waals surface area contributed by atoms with Crippen molar-refractivity contribution in [3.05, 3.63) is 94.1 Å². The lowest BCUT2D eigenvalue weighted by Crippen LogP contribution is -2.46.